The maximum Gasteiger partial charge on any atom is 0.251 e. The average molecular weight is 327 g/mol. The second-order valence-electron chi connectivity index (χ2n) is 4.91. The van der Waals surface area contributed by atoms with E-state index in [1.54, 1.807) is 0 Å². The van der Waals surface area contributed by atoms with E-state index in [0.717, 1.165) is 29.5 Å². The van der Waals surface area contributed by atoms with Crippen LogP contribution in [0.1, 0.15) is 22.3 Å². The summed E-state index contributed by atoms with van der Waals surface area (Å²) in [5.74, 6) is -0.0430. The predicted octanol–water partition coefficient (Wildman–Crippen LogP) is 1.55. The third kappa shape index (κ3) is 3.78. The topological polar surface area (TPSA) is 52.6 Å². The van der Waals surface area contributed by atoms with Crippen molar-refractivity contribution >= 4 is 21.8 Å². The van der Waals surface area contributed by atoms with Gasteiger partial charge in [0, 0.05) is 36.2 Å². The van der Waals surface area contributed by atoms with Crippen molar-refractivity contribution in [2.75, 3.05) is 26.2 Å². The standard InChI is InChI=1S/C14H19BrN2O2/c1-10-12(3-2-4-13(10)15)14(19)16-6-8-17-7-5-11(18)9-17/h2-4,11,18H,5-9H2,1H3,(H,16,19). The van der Waals surface area contributed by atoms with E-state index in [9.17, 15) is 9.90 Å². The second-order valence-corrected chi connectivity index (χ2v) is 5.77. The Morgan fingerprint density at radius 3 is 3.05 bits per heavy atom. The summed E-state index contributed by atoms with van der Waals surface area (Å²) < 4.78 is 0.947. The van der Waals surface area contributed by atoms with Gasteiger partial charge in [-0.3, -0.25) is 9.69 Å². The third-order valence-corrected chi connectivity index (χ3v) is 4.33. The summed E-state index contributed by atoms with van der Waals surface area (Å²) in [7, 11) is 0. The number of hydrogen-bond donors (Lipinski definition) is 2. The van der Waals surface area contributed by atoms with Crippen LogP contribution in [-0.2, 0) is 0 Å². The number of likely N-dealkylation sites (tertiary alicyclic amines) is 1. The number of aliphatic hydroxyl groups is 1. The monoisotopic (exact) mass is 326 g/mol. The molecule has 1 atom stereocenters. The van der Waals surface area contributed by atoms with Gasteiger partial charge in [0.05, 0.1) is 6.10 Å². The lowest BCUT2D eigenvalue weighted by molar-refractivity contribution is 0.0948. The molecule has 0 radical (unpaired) electrons. The Bertz CT molecular complexity index is 465. The van der Waals surface area contributed by atoms with Crippen molar-refractivity contribution in [1.82, 2.24) is 10.2 Å². The molecule has 1 saturated heterocycles. The van der Waals surface area contributed by atoms with Gasteiger partial charge in [-0.15, -0.1) is 0 Å². The molecule has 1 unspecified atom stereocenters. The summed E-state index contributed by atoms with van der Waals surface area (Å²) in [5, 5.41) is 12.3. The van der Waals surface area contributed by atoms with Crippen LogP contribution in [0.15, 0.2) is 22.7 Å². The van der Waals surface area contributed by atoms with Crippen molar-refractivity contribution in [2.24, 2.45) is 0 Å². The fraction of sp³-hybridized carbons (Fsp3) is 0.500. The van der Waals surface area contributed by atoms with E-state index in [2.05, 4.69) is 26.1 Å². The number of aliphatic hydroxyl groups excluding tert-OH is 1. The zero-order chi connectivity index (χ0) is 13.8. The fourth-order valence-electron chi connectivity index (χ4n) is 2.29. The highest BCUT2D eigenvalue weighted by Gasteiger charge is 2.19. The molecular formula is C14H19BrN2O2. The zero-order valence-corrected chi connectivity index (χ0v) is 12.6. The molecule has 4 nitrogen and oxygen atoms in total. The Kier molecular flexibility index (Phi) is 4.96. The van der Waals surface area contributed by atoms with E-state index in [1.165, 1.54) is 0 Å². The molecule has 1 aromatic rings. The number of carbonyl (C=O) groups excluding carboxylic acids is 1. The summed E-state index contributed by atoms with van der Waals surface area (Å²) in [6, 6.07) is 5.62. The van der Waals surface area contributed by atoms with Crippen molar-refractivity contribution < 1.29 is 9.90 Å². The lowest BCUT2D eigenvalue weighted by Gasteiger charge is -2.15. The molecule has 2 N–H and O–H groups in total. The molecule has 2 rings (SSSR count). The summed E-state index contributed by atoms with van der Waals surface area (Å²) in [6.45, 7) is 4.95. The number of rotatable bonds is 4. The lowest BCUT2D eigenvalue weighted by Crippen LogP contribution is -2.34. The lowest BCUT2D eigenvalue weighted by atomic mass is 10.1. The first kappa shape index (κ1) is 14.5. The molecule has 1 amide bonds. The van der Waals surface area contributed by atoms with Gasteiger partial charge in [0.25, 0.3) is 5.91 Å². The average Bonchev–Trinajstić information content (AvgIpc) is 2.78. The number of halogens is 1. The van der Waals surface area contributed by atoms with Gasteiger partial charge in [-0.2, -0.15) is 0 Å². The number of benzene rings is 1. The predicted molar refractivity (Wildman–Crippen MR) is 78.3 cm³/mol. The Morgan fingerprint density at radius 2 is 2.37 bits per heavy atom. The molecule has 1 heterocycles. The molecular weight excluding hydrogens is 308 g/mol. The van der Waals surface area contributed by atoms with E-state index in [0.29, 0.717) is 18.7 Å². The van der Waals surface area contributed by atoms with Crippen LogP contribution < -0.4 is 5.32 Å². The molecule has 5 heteroatoms. The molecule has 0 spiro atoms. The number of hydrogen-bond acceptors (Lipinski definition) is 3. The van der Waals surface area contributed by atoms with E-state index in [1.807, 2.05) is 25.1 Å². The molecule has 19 heavy (non-hydrogen) atoms. The minimum atomic E-state index is -0.206. The first-order chi connectivity index (χ1) is 9.08. The molecule has 1 aromatic carbocycles. The summed E-state index contributed by atoms with van der Waals surface area (Å²) >= 11 is 3.43. The van der Waals surface area contributed by atoms with Crippen molar-refractivity contribution in [3.05, 3.63) is 33.8 Å². The number of nitrogens with zero attached hydrogens (tertiary/aromatic N) is 1. The summed E-state index contributed by atoms with van der Waals surface area (Å²) in [5.41, 5.74) is 1.66. The first-order valence-electron chi connectivity index (χ1n) is 6.51. The van der Waals surface area contributed by atoms with Crippen LogP contribution in [0.4, 0.5) is 0 Å². The summed E-state index contributed by atoms with van der Waals surface area (Å²) in [6.07, 6.45) is 0.626. The van der Waals surface area contributed by atoms with Gasteiger partial charge < -0.3 is 10.4 Å². The Balaban J connectivity index is 1.83. The zero-order valence-electron chi connectivity index (χ0n) is 11.0. The summed E-state index contributed by atoms with van der Waals surface area (Å²) in [4.78, 5) is 14.2. The van der Waals surface area contributed by atoms with E-state index >= 15 is 0 Å². The van der Waals surface area contributed by atoms with Crippen molar-refractivity contribution in [2.45, 2.75) is 19.4 Å². The van der Waals surface area contributed by atoms with E-state index < -0.39 is 0 Å². The van der Waals surface area contributed by atoms with Crippen LogP contribution in [-0.4, -0.2) is 48.2 Å². The van der Waals surface area contributed by atoms with Gasteiger partial charge in [0.2, 0.25) is 0 Å². The van der Waals surface area contributed by atoms with Crippen LogP contribution >= 0.6 is 15.9 Å². The first-order valence-corrected chi connectivity index (χ1v) is 7.31. The SMILES string of the molecule is Cc1c(Br)cccc1C(=O)NCCN1CCC(O)C1. The molecule has 0 aliphatic carbocycles. The van der Waals surface area contributed by atoms with Gasteiger partial charge in [0.1, 0.15) is 0 Å². The Morgan fingerprint density at radius 1 is 1.58 bits per heavy atom. The third-order valence-electron chi connectivity index (χ3n) is 3.47. The number of nitrogens with one attached hydrogen (secondary N) is 1. The van der Waals surface area contributed by atoms with Crippen molar-refractivity contribution in [3.63, 3.8) is 0 Å². The van der Waals surface area contributed by atoms with Crippen LogP contribution in [0.25, 0.3) is 0 Å². The van der Waals surface area contributed by atoms with E-state index in [4.69, 9.17) is 0 Å². The second kappa shape index (κ2) is 6.50. The molecule has 1 aliphatic rings. The smallest absolute Gasteiger partial charge is 0.251 e. The highest BCUT2D eigenvalue weighted by molar-refractivity contribution is 9.10. The Labute approximate surface area is 121 Å². The minimum absolute atomic E-state index is 0.0430. The molecule has 0 aromatic heterocycles. The van der Waals surface area contributed by atoms with Gasteiger partial charge in [0.15, 0.2) is 0 Å². The van der Waals surface area contributed by atoms with Gasteiger partial charge in [-0.05, 0) is 31.0 Å². The van der Waals surface area contributed by atoms with Gasteiger partial charge >= 0.3 is 0 Å². The van der Waals surface area contributed by atoms with Crippen LogP contribution in [0, 0.1) is 6.92 Å². The molecule has 1 aliphatic heterocycles. The van der Waals surface area contributed by atoms with Crippen LogP contribution in [0.2, 0.25) is 0 Å². The highest BCUT2D eigenvalue weighted by Crippen LogP contribution is 2.19. The largest absolute Gasteiger partial charge is 0.392 e. The fourth-order valence-corrected chi connectivity index (χ4v) is 2.66. The molecule has 1 fully saturated rings. The van der Waals surface area contributed by atoms with Crippen LogP contribution in [0.3, 0.4) is 0 Å². The van der Waals surface area contributed by atoms with Gasteiger partial charge in [-0.1, -0.05) is 22.0 Å². The normalized spacial score (nSPS) is 19.6. The van der Waals surface area contributed by atoms with Gasteiger partial charge in [-0.25, -0.2) is 0 Å². The molecule has 0 saturated carbocycles. The highest BCUT2D eigenvalue weighted by atomic mass is 79.9. The Hall–Kier alpha value is -0.910. The maximum absolute atomic E-state index is 12.1. The van der Waals surface area contributed by atoms with Crippen molar-refractivity contribution in [1.29, 1.82) is 0 Å². The van der Waals surface area contributed by atoms with Crippen LogP contribution in [0.5, 0.6) is 0 Å². The quantitative estimate of drug-likeness (QED) is 0.882. The molecule has 0 bridgehead atoms. The molecule has 104 valence electrons. The number of carbonyl (C=O) groups is 1. The van der Waals surface area contributed by atoms with E-state index in [-0.39, 0.29) is 12.0 Å². The minimum Gasteiger partial charge on any atom is -0.392 e. The maximum atomic E-state index is 12.1. The number of amides is 1. The van der Waals surface area contributed by atoms with Crippen molar-refractivity contribution in [3.8, 4) is 0 Å². The number of β-amino-alcohol motifs (C(OH)–C–C–N with tert-alkyl or cyclic N) is 1.